The van der Waals surface area contributed by atoms with Gasteiger partial charge >= 0.3 is 0 Å². The number of amides is 1. The van der Waals surface area contributed by atoms with E-state index in [9.17, 15) is 28.5 Å². The van der Waals surface area contributed by atoms with E-state index in [0.29, 0.717) is 12.2 Å². The Labute approximate surface area is 234 Å². The summed E-state index contributed by atoms with van der Waals surface area (Å²) in [6.07, 6.45) is 0.630. The second-order valence-electron chi connectivity index (χ2n) is 9.93. The third-order valence-electron chi connectivity index (χ3n) is 6.74. The van der Waals surface area contributed by atoms with Crippen molar-refractivity contribution in [3.8, 4) is 5.75 Å². The molecule has 40 heavy (non-hydrogen) atoms. The number of aromatic nitrogens is 1. The standard InChI is InChI=1S/C14H13N3O5S.C14H23NO2/c1-8-7-11(16-22-8)15-14(19)12-13(18)9-5-3-4-6-10(9)23(20,21)17(12)2;1-5-14(17,11(2)10-15(3)4)12-7-6-8-13(16)9-12/h3-7,18H,1-2H3,(H,15,16,19);6-9,11,16-17H,5,10H2,1-4H3/t;11-,14-/m.1/s1. The lowest BCUT2D eigenvalue weighted by Gasteiger charge is -2.35. The van der Waals surface area contributed by atoms with Gasteiger partial charge in [0.15, 0.2) is 17.3 Å². The van der Waals surface area contributed by atoms with Crippen LogP contribution in [0, 0.1) is 12.8 Å². The van der Waals surface area contributed by atoms with E-state index >= 15 is 0 Å². The molecule has 216 valence electrons. The average Bonchev–Trinajstić information content (AvgIpc) is 3.31. The van der Waals surface area contributed by atoms with Gasteiger partial charge in [-0.1, -0.05) is 43.3 Å². The minimum atomic E-state index is -3.92. The Balaban J connectivity index is 0.000000232. The van der Waals surface area contributed by atoms with Crippen molar-refractivity contribution in [1.82, 2.24) is 14.4 Å². The second-order valence-corrected chi connectivity index (χ2v) is 11.9. The van der Waals surface area contributed by atoms with Crippen LogP contribution in [0.1, 0.15) is 37.2 Å². The number of nitrogens with one attached hydrogen (secondary N) is 1. The number of fused-ring (bicyclic) bond motifs is 1. The number of phenols is 1. The molecule has 0 fully saturated rings. The van der Waals surface area contributed by atoms with Gasteiger partial charge in [0, 0.05) is 31.1 Å². The number of phenolic OH excluding ortho intramolecular Hbond substituents is 1. The molecular weight excluding hydrogens is 536 g/mol. The summed E-state index contributed by atoms with van der Waals surface area (Å²) in [5.74, 6) is -0.325. The van der Waals surface area contributed by atoms with E-state index in [2.05, 4.69) is 15.4 Å². The summed E-state index contributed by atoms with van der Waals surface area (Å²) in [6.45, 7) is 6.45. The number of hydrogen-bond acceptors (Lipinski definition) is 9. The molecule has 1 aliphatic rings. The van der Waals surface area contributed by atoms with Crippen LogP contribution in [0.25, 0.3) is 5.76 Å². The van der Waals surface area contributed by atoms with Gasteiger partial charge in [-0.2, -0.15) is 0 Å². The Morgan fingerprint density at radius 1 is 1.15 bits per heavy atom. The summed E-state index contributed by atoms with van der Waals surface area (Å²) in [7, 11) is 1.26. The molecule has 0 radical (unpaired) electrons. The fraction of sp³-hybridized carbons (Fsp3) is 0.357. The molecule has 2 atom stereocenters. The van der Waals surface area contributed by atoms with Gasteiger partial charge in [-0.15, -0.1) is 0 Å². The molecule has 12 heteroatoms. The van der Waals surface area contributed by atoms with Gasteiger partial charge in [-0.3, -0.25) is 9.10 Å². The van der Waals surface area contributed by atoms with Crippen LogP contribution in [0.15, 0.2) is 69.7 Å². The van der Waals surface area contributed by atoms with Gasteiger partial charge < -0.3 is 30.1 Å². The Morgan fingerprint density at radius 2 is 1.82 bits per heavy atom. The Kier molecular flexibility index (Phi) is 9.28. The van der Waals surface area contributed by atoms with Crippen molar-refractivity contribution < 1.29 is 33.1 Å². The quantitative estimate of drug-likeness (QED) is 0.332. The van der Waals surface area contributed by atoms with Crippen molar-refractivity contribution in [2.45, 2.75) is 37.7 Å². The minimum Gasteiger partial charge on any atom is -0.508 e. The van der Waals surface area contributed by atoms with Crippen molar-refractivity contribution in [1.29, 1.82) is 0 Å². The van der Waals surface area contributed by atoms with E-state index in [4.69, 9.17) is 4.52 Å². The van der Waals surface area contributed by atoms with E-state index in [-0.39, 0.29) is 33.6 Å². The highest BCUT2D eigenvalue weighted by atomic mass is 32.2. The molecule has 2 aromatic carbocycles. The van der Waals surface area contributed by atoms with Gasteiger partial charge in [0.2, 0.25) is 0 Å². The number of benzene rings is 2. The van der Waals surface area contributed by atoms with Crippen LogP contribution >= 0.6 is 0 Å². The fourth-order valence-corrected chi connectivity index (χ4v) is 5.99. The summed E-state index contributed by atoms with van der Waals surface area (Å²) >= 11 is 0. The van der Waals surface area contributed by atoms with Crippen molar-refractivity contribution in [3.05, 3.63) is 77.2 Å². The number of nitrogens with zero attached hydrogens (tertiary/aromatic N) is 3. The first-order valence-electron chi connectivity index (χ1n) is 12.6. The van der Waals surface area contributed by atoms with Gasteiger partial charge in [0.25, 0.3) is 15.9 Å². The first-order chi connectivity index (χ1) is 18.7. The van der Waals surface area contributed by atoms with Gasteiger partial charge in [-0.05, 0) is 57.3 Å². The predicted molar refractivity (Wildman–Crippen MR) is 151 cm³/mol. The van der Waals surface area contributed by atoms with Gasteiger partial charge in [-0.25, -0.2) is 8.42 Å². The third-order valence-corrected chi connectivity index (χ3v) is 8.56. The zero-order valence-electron chi connectivity index (χ0n) is 23.4. The van der Waals surface area contributed by atoms with E-state index in [1.807, 2.05) is 34.0 Å². The number of aliphatic hydroxyl groups excluding tert-OH is 1. The number of hydrogen-bond donors (Lipinski definition) is 4. The maximum absolute atomic E-state index is 12.5. The predicted octanol–water partition coefficient (Wildman–Crippen LogP) is 3.67. The molecule has 0 aliphatic carbocycles. The van der Waals surface area contributed by atoms with E-state index in [1.54, 1.807) is 37.3 Å². The fourth-order valence-electron chi connectivity index (χ4n) is 4.59. The normalized spacial score (nSPS) is 16.4. The van der Waals surface area contributed by atoms with Crippen molar-refractivity contribution in [2.24, 2.45) is 5.92 Å². The first kappa shape index (κ1) is 30.7. The number of likely N-dealkylation sites (N-methyl/N-ethyl adjacent to an activating group) is 1. The molecule has 3 aromatic rings. The van der Waals surface area contributed by atoms with Crippen molar-refractivity contribution in [2.75, 3.05) is 33.0 Å². The number of aromatic hydroxyl groups is 1. The summed E-state index contributed by atoms with van der Waals surface area (Å²) in [5, 5.41) is 36.7. The second kappa shape index (κ2) is 12.1. The summed E-state index contributed by atoms with van der Waals surface area (Å²) in [5.41, 5.74) is -0.408. The number of carbonyl (C=O) groups is 1. The number of aliphatic hydroxyl groups is 2. The molecule has 1 aliphatic heterocycles. The molecule has 2 heterocycles. The van der Waals surface area contributed by atoms with Gasteiger partial charge in [0.1, 0.15) is 11.5 Å². The summed E-state index contributed by atoms with van der Waals surface area (Å²) in [4.78, 5) is 14.4. The van der Waals surface area contributed by atoms with Gasteiger partial charge in [0.05, 0.1) is 10.5 Å². The third kappa shape index (κ3) is 6.30. The molecule has 1 aromatic heterocycles. The highest BCUT2D eigenvalue weighted by molar-refractivity contribution is 7.89. The van der Waals surface area contributed by atoms with E-state index in [1.165, 1.54) is 25.2 Å². The van der Waals surface area contributed by atoms with Crippen molar-refractivity contribution >= 4 is 27.5 Å². The lowest BCUT2D eigenvalue weighted by molar-refractivity contribution is -0.113. The topological polar surface area (TPSA) is 156 Å². The molecule has 0 spiro atoms. The monoisotopic (exact) mass is 572 g/mol. The van der Waals surface area contributed by atoms with E-state index in [0.717, 1.165) is 16.4 Å². The maximum Gasteiger partial charge on any atom is 0.278 e. The number of carbonyl (C=O) groups excluding carboxylic acids is 1. The Hall–Kier alpha value is -3.87. The number of aryl methyl sites for hydroxylation is 1. The molecule has 0 unspecified atom stereocenters. The molecular formula is C28H36N4O7S. The molecule has 0 bridgehead atoms. The van der Waals surface area contributed by atoms with Crippen LogP contribution in [0.5, 0.6) is 5.75 Å². The molecule has 0 saturated carbocycles. The average molecular weight is 573 g/mol. The number of sulfonamides is 1. The molecule has 4 rings (SSSR count). The summed E-state index contributed by atoms with van der Waals surface area (Å²) in [6, 6.07) is 14.3. The Morgan fingerprint density at radius 3 is 2.40 bits per heavy atom. The van der Waals surface area contributed by atoms with Crippen LogP contribution in [0.3, 0.4) is 0 Å². The Bertz CT molecular complexity index is 1500. The van der Waals surface area contributed by atoms with Crippen LogP contribution in [-0.2, 0) is 20.4 Å². The van der Waals surface area contributed by atoms with E-state index < -0.39 is 27.3 Å². The zero-order valence-corrected chi connectivity index (χ0v) is 24.2. The maximum atomic E-state index is 12.5. The van der Waals surface area contributed by atoms with Crippen LogP contribution in [-0.4, -0.2) is 71.7 Å². The molecule has 11 nitrogen and oxygen atoms in total. The molecule has 1 amide bonds. The largest absolute Gasteiger partial charge is 0.508 e. The molecule has 4 N–H and O–H groups in total. The molecule has 0 saturated heterocycles. The smallest absolute Gasteiger partial charge is 0.278 e. The lowest BCUT2D eigenvalue weighted by atomic mass is 9.80. The highest BCUT2D eigenvalue weighted by Crippen LogP contribution is 2.36. The van der Waals surface area contributed by atoms with Crippen LogP contribution in [0.4, 0.5) is 5.82 Å². The number of rotatable bonds is 7. The summed E-state index contributed by atoms with van der Waals surface area (Å²) < 4.78 is 30.5. The zero-order chi connectivity index (χ0) is 29.8. The highest BCUT2D eigenvalue weighted by Gasteiger charge is 2.38. The van der Waals surface area contributed by atoms with Crippen LogP contribution < -0.4 is 5.32 Å². The van der Waals surface area contributed by atoms with Crippen molar-refractivity contribution in [3.63, 3.8) is 0 Å². The minimum absolute atomic E-state index is 0.0613. The lowest BCUT2D eigenvalue weighted by Crippen LogP contribution is -2.38. The van der Waals surface area contributed by atoms with Crippen LogP contribution in [0.2, 0.25) is 0 Å². The SMILES string of the molecule is CC[C@](O)(c1cccc(O)c1)[C@H](C)CN(C)C.Cc1cc(NC(=O)C2=C(O)c3ccccc3S(=O)(=O)N2C)no1. The first-order valence-corrected chi connectivity index (χ1v) is 14.1. The number of anilines is 1.